The molecule has 1 amide bonds. The lowest BCUT2D eigenvalue weighted by atomic mass is 9.78. The second-order valence-corrected chi connectivity index (χ2v) is 10.4. The number of piperidine rings is 1. The second kappa shape index (κ2) is 8.72. The number of amides is 1. The smallest absolute Gasteiger partial charge is 0.263 e. The van der Waals surface area contributed by atoms with Gasteiger partial charge in [-0.25, -0.2) is 0 Å². The van der Waals surface area contributed by atoms with E-state index in [2.05, 4.69) is 10.2 Å². The van der Waals surface area contributed by atoms with Crippen LogP contribution >= 0.6 is 23.6 Å². The van der Waals surface area contributed by atoms with Gasteiger partial charge in [0.15, 0.2) is 10.9 Å². The van der Waals surface area contributed by atoms with E-state index in [0.29, 0.717) is 15.8 Å². The lowest BCUT2D eigenvalue weighted by Crippen LogP contribution is -2.47. The molecule has 3 aliphatic rings. The molecule has 1 N–H and O–H groups in total. The number of thiocarbonyl (C=S) groups is 1. The van der Waals surface area contributed by atoms with Gasteiger partial charge < -0.3 is 15.1 Å². The molecule has 0 radical (unpaired) electrons. The van der Waals surface area contributed by atoms with E-state index in [0.717, 1.165) is 50.6 Å². The molecule has 158 valence electrons. The first-order valence-corrected chi connectivity index (χ1v) is 12.1. The minimum Gasteiger partial charge on any atom is -0.360 e. The zero-order valence-corrected chi connectivity index (χ0v) is 18.9. The fourth-order valence-electron chi connectivity index (χ4n) is 5.01. The van der Waals surface area contributed by atoms with Gasteiger partial charge in [-0.2, -0.15) is 0 Å². The molecule has 5 nitrogen and oxygen atoms in total. The number of nitrogens with one attached hydrogen (secondary N) is 1. The molecule has 1 spiro atoms. The topological polar surface area (TPSA) is 52.7 Å². The van der Waals surface area contributed by atoms with E-state index in [1.807, 2.05) is 4.90 Å². The number of hydrogen-bond donors (Lipinski definition) is 1. The summed E-state index contributed by atoms with van der Waals surface area (Å²) in [6, 6.07) is 4.11. The van der Waals surface area contributed by atoms with Gasteiger partial charge in [-0.1, -0.05) is 19.3 Å². The summed E-state index contributed by atoms with van der Waals surface area (Å²) in [5.41, 5.74) is 0.287. The maximum Gasteiger partial charge on any atom is 0.263 e. The van der Waals surface area contributed by atoms with E-state index in [-0.39, 0.29) is 17.1 Å². The number of likely N-dealkylation sites (tertiary alicyclic amines) is 2. The summed E-state index contributed by atoms with van der Waals surface area (Å²) in [6.45, 7) is 5.18. The maximum absolute atomic E-state index is 12.8. The van der Waals surface area contributed by atoms with Gasteiger partial charge in [-0.15, -0.1) is 11.3 Å². The Morgan fingerprint density at radius 3 is 2.28 bits per heavy atom. The number of ketones is 1. The third kappa shape index (κ3) is 4.66. The number of carbonyl (C=O) groups excluding carboxylic acids is 2. The number of carbonyl (C=O) groups is 2. The molecule has 2 aliphatic heterocycles. The number of thiophene rings is 1. The monoisotopic (exact) mass is 433 g/mol. The highest BCUT2D eigenvalue weighted by Gasteiger charge is 2.42. The van der Waals surface area contributed by atoms with Crippen molar-refractivity contribution in [2.24, 2.45) is 5.41 Å². The first-order chi connectivity index (χ1) is 14.0. The number of rotatable bonds is 3. The number of nitrogens with zero attached hydrogens (tertiary/aromatic N) is 2. The first-order valence-electron chi connectivity index (χ1n) is 10.9. The minimum atomic E-state index is 0.0236. The largest absolute Gasteiger partial charge is 0.360 e. The van der Waals surface area contributed by atoms with Crippen LogP contribution in [-0.2, 0) is 0 Å². The van der Waals surface area contributed by atoms with Gasteiger partial charge in [0.25, 0.3) is 5.91 Å². The van der Waals surface area contributed by atoms with Crippen LogP contribution in [0.1, 0.15) is 77.6 Å². The molecule has 0 aromatic carbocycles. The molecule has 29 heavy (non-hydrogen) atoms. The molecular formula is C22H31N3O2S2. The molecule has 1 aliphatic carbocycles. The van der Waals surface area contributed by atoms with Gasteiger partial charge in [-0.05, 0) is 68.8 Å². The second-order valence-electron chi connectivity index (χ2n) is 8.97. The first kappa shape index (κ1) is 20.8. The Kier molecular flexibility index (Phi) is 6.25. The van der Waals surface area contributed by atoms with Crippen molar-refractivity contribution in [1.82, 2.24) is 15.1 Å². The fraction of sp³-hybridized carbons (Fsp3) is 0.682. The Labute approximate surface area is 182 Å². The van der Waals surface area contributed by atoms with Crippen LogP contribution in [0.5, 0.6) is 0 Å². The molecule has 0 unspecified atom stereocenters. The molecule has 1 saturated carbocycles. The maximum atomic E-state index is 12.8. The normalized spacial score (nSPS) is 22.1. The average Bonchev–Trinajstić information content (AvgIpc) is 3.37. The van der Waals surface area contributed by atoms with Crippen molar-refractivity contribution in [1.29, 1.82) is 0 Å². The number of hydrogen-bond acceptors (Lipinski definition) is 4. The lowest BCUT2D eigenvalue weighted by Gasteiger charge is -2.39. The Morgan fingerprint density at radius 1 is 1.03 bits per heavy atom. The summed E-state index contributed by atoms with van der Waals surface area (Å²) in [7, 11) is 0. The van der Waals surface area contributed by atoms with E-state index in [4.69, 9.17) is 12.2 Å². The summed E-state index contributed by atoms with van der Waals surface area (Å²) in [6.07, 6.45) is 9.69. The highest BCUT2D eigenvalue weighted by atomic mass is 32.1. The zero-order chi connectivity index (χ0) is 20.4. The summed E-state index contributed by atoms with van der Waals surface area (Å²) in [5.74, 6) is 0.0946. The Morgan fingerprint density at radius 2 is 1.66 bits per heavy atom. The van der Waals surface area contributed by atoms with E-state index in [9.17, 15) is 9.59 Å². The van der Waals surface area contributed by atoms with Crippen molar-refractivity contribution in [3.05, 3.63) is 21.9 Å². The van der Waals surface area contributed by atoms with E-state index in [1.165, 1.54) is 43.4 Å². The summed E-state index contributed by atoms with van der Waals surface area (Å²) in [5, 5.41) is 4.54. The van der Waals surface area contributed by atoms with Crippen LogP contribution < -0.4 is 5.32 Å². The van der Waals surface area contributed by atoms with Gasteiger partial charge >= 0.3 is 0 Å². The Hall–Kier alpha value is -1.47. The van der Waals surface area contributed by atoms with Gasteiger partial charge in [-0.3, -0.25) is 9.59 Å². The van der Waals surface area contributed by atoms with Crippen molar-refractivity contribution in [3.63, 3.8) is 0 Å². The molecule has 1 aromatic rings. The quantitative estimate of drug-likeness (QED) is 0.575. The molecule has 7 heteroatoms. The molecule has 2 saturated heterocycles. The van der Waals surface area contributed by atoms with Crippen LogP contribution in [0.15, 0.2) is 12.1 Å². The summed E-state index contributed by atoms with van der Waals surface area (Å²) >= 11 is 7.04. The average molecular weight is 434 g/mol. The summed E-state index contributed by atoms with van der Waals surface area (Å²) in [4.78, 5) is 30.0. The third-order valence-electron chi connectivity index (χ3n) is 6.93. The van der Waals surface area contributed by atoms with Crippen molar-refractivity contribution in [2.75, 3.05) is 26.2 Å². The minimum absolute atomic E-state index is 0.0236. The molecular weight excluding hydrogens is 402 g/mol. The van der Waals surface area contributed by atoms with Gasteiger partial charge in [0.05, 0.1) is 9.75 Å². The van der Waals surface area contributed by atoms with E-state index >= 15 is 0 Å². The Bertz CT molecular complexity index is 777. The number of Topliss-reactive ketones (excluding diaryl/α,β-unsaturated/α-hetero) is 1. The zero-order valence-electron chi connectivity index (χ0n) is 17.2. The predicted molar refractivity (Wildman–Crippen MR) is 121 cm³/mol. The van der Waals surface area contributed by atoms with E-state index < -0.39 is 0 Å². The lowest BCUT2D eigenvalue weighted by molar-refractivity contribution is 0.0603. The molecule has 4 rings (SSSR count). The predicted octanol–water partition coefficient (Wildman–Crippen LogP) is 4.09. The van der Waals surface area contributed by atoms with Crippen molar-refractivity contribution in [2.45, 2.75) is 64.3 Å². The van der Waals surface area contributed by atoms with Crippen molar-refractivity contribution < 1.29 is 9.59 Å². The molecule has 1 aromatic heterocycles. The highest BCUT2D eigenvalue weighted by Crippen LogP contribution is 2.41. The highest BCUT2D eigenvalue weighted by molar-refractivity contribution is 7.80. The van der Waals surface area contributed by atoms with Crippen LogP contribution in [0.3, 0.4) is 0 Å². The van der Waals surface area contributed by atoms with Gasteiger partial charge in [0, 0.05) is 32.2 Å². The van der Waals surface area contributed by atoms with Crippen LogP contribution in [0, 0.1) is 5.41 Å². The van der Waals surface area contributed by atoms with Crippen LogP contribution in [0.25, 0.3) is 0 Å². The van der Waals surface area contributed by atoms with Crippen LogP contribution in [0.2, 0.25) is 0 Å². The molecule has 3 heterocycles. The third-order valence-corrected chi connectivity index (χ3v) is 8.48. The van der Waals surface area contributed by atoms with Gasteiger partial charge in [0.2, 0.25) is 0 Å². The molecule has 0 bridgehead atoms. The van der Waals surface area contributed by atoms with E-state index in [1.54, 1.807) is 19.1 Å². The standard InChI is InChI=1S/C22H31N3O2S2/c1-16(26)18-7-8-19(29-18)20(27)24-12-9-22(10-13-24)11-14-25(15-22)21(28)23-17-5-3-2-4-6-17/h7-8,17H,2-6,9-15H2,1H3,(H,23,28). The fourth-order valence-corrected chi connectivity index (χ4v) is 6.20. The SMILES string of the molecule is CC(=O)c1ccc(C(=O)N2CCC3(CC2)CCN(C(=S)NC2CCCCC2)C3)s1. The molecule has 3 fully saturated rings. The van der Waals surface area contributed by atoms with Crippen LogP contribution in [0.4, 0.5) is 0 Å². The molecule has 0 atom stereocenters. The van der Waals surface area contributed by atoms with Gasteiger partial charge in [0.1, 0.15) is 0 Å². The van der Waals surface area contributed by atoms with Crippen molar-refractivity contribution in [3.8, 4) is 0 Å². The van der Waals surface area contributed by atoms with Crippen LogP contribution in [-0.4, -0.2) is 58.8 Å². The Balaban J connectivity index is 1.29. The summed E-state index contributed by atoms with van der Waals surface area (Å²) < 4.78 is 0. The van der Waals surface area contributed by atoms with Crippen molar-refractivity contribution >= 4 is 40.4 Å².